The van der Waals surface area contributed by atoms with Gasteiger partial charge in [0, 0.05) is 52.4 Å². The zero-order valence-corrected chi connectivity index (χ0v) is 14.4. The minimum atomic E-state index is -3.42. The van der Waals surface area contributed by atoms with Crippen molar-refractivity contribution in [3.8, 4) is 0 Å². The molecule has 0 aromatic heterocycles. The van der Waals surface area contributed by atoms with Gasteiger partial charge in [-0.1, -0.05) is 0 Å². The van der Waals surface area contributed by atoms with Crippen LogP contribution in [0.5, 0.6) is 0 Å². The Morgan fingerprint density at radius 2 is 1.43 bits per heavy atom. The summed E-state index contributed by atoms with van der Waals surface area (Å²) in [5.74, 6) is -0.531. The summed E-state index contributed by atoms with van der Waals surface area (Å²) in [5.41, 5.74) is 0. The molecule has 0 amide bonds. The van der Waals surface area contributed by atoms with Gasteiger partial charge in [0.05, 0.1) is 0 Å². The monoisotopic (exact) mass is 346 g/mol. The van der Waals surface area contributed by atoms with Crippen molar-refractivity contribution in [1.82, 2.24) is 18.4 Å². The van der Waals surface area contributed by atoms with Crippen molar-refractivity contribution in [2.75, 3.05) is 59.4 Å². The summed E-state index contributed by atoms with van der Waals surface area (Å²) in [5, 5.41) is 9.40. The highest BCUT2D eigenvalue weighted by molar-refractivity contribution is 7.86. The number of aliphatic carboxylic acids is 1. The minimum Gasteiger partial charge on any atom is -0.480 e. The van der Waals surface area contributed by atoms with Gasteiger partial charge in [-0.05, 0) is 25.8 Å². The lowest BCUT2D eigenvalue weighted by molar-refractivity contribution is -0.144. The molecule has 3 aliphatic rings. The van der Waals surface area contributed by atoms with Crippen LogP contribution in [0.15, 0.2) is 0 Å². The Labute approximate surface area is 137 Å². The molecule has 3 fully saturated rings. The van der Waals surface area contributed by atoms with Crippen LogP contribution in [0.2, 0.25) is 0 Å². The van der Waals surface area contributed by atoms with Crippen molar-refractivity contribution >= 4 is 16.2 Å². The number of hydrogen-bond acceptors (Lipinski definition) is 5. The van der Waals surface area contributed by atoms with Crippen molar-refractivity contribution in [1.29, 1.82) is 0 Å². The first-order chi connectivity index (χ1) is 10.9. The summed E-state index contributed by atoms with van der Waals surface area (Å²) >= 11 is 0. The van der Waals surface area contributed by atoms with E-state index in [2.05, 4.69) is 4.90 Å². The van der Waals surface area contributed by atoms with Gasteiger partial charge in [0.15, 0.2) is 0 Å². The van der Waals surface area contributed by atoms with Crippen LogP contribution in [0, 0.1) is 5.92 Å². The maximum Gasteiger partial charge on any atom is 0.321 e. The van der Waals surface area contributed by atoms with E-state index in [1.54, 1.807) is 4.31 Å². The molecule has 1 aliphatic carbocycles. The molecule has 0 aromatic rings. The molecule has 0 bridgehead atoms. The average molecular weight is 346 g/mol. The molecule has 2 heterocycles. The molecule has 2 saturated heterocycles. The molecule has 1 atom stereocenters. The minimum absolute atomic E-state index is 0.244. The highest BCUT2D eigenvalue weighted by atomic mass is 32.2. The van der Waals surface area contributed by atoms with Gasteiger partial charge in [-0.25, -0.2) is 0 Å². The molecule has 23 heavy (non-hydrogen) atoms. The number of hydrogen-bond donors (Lipinski definition) is 1. The van der Waals surface area contributed by atoms with Crippen LogP contribution in [0.1, 0.15) is 12.8 Å². The Balaban J connectivity index is 1.58. The molecule has 9 heteroatoms. The second-order valence-corrected chi connectivity index (χ2v) is 8.69. The predicted molar refractivity (Wildman–Crippen MR) is 85.3 cm³/mol. The van der Waals surface area contributed by atoms with Crippen LogP contribution in [-0.4, -0.2) is 103 Å². The zero-order valence-electron chi connectivity index (χ0n) is 13.6. The highest BCUT2D eigenvalue weighted by Gasteiger charge is 2.42. The number of rotatable bonds is 5. The standard InChI is InChI=1S/C14H26N4O4S/c1-15-4-8-17(9-5-15)23(21,22)18-10-6-16(7-11-18)13(14(19)20)12-2-3-12/h12-13H,2-11H2,1H3,(H,19,20). The number of piperazine rings is 2. The van der Waals surface area contributed by atoms with Crippen molar-refractivity contribution in [2.24, 2.45) is 5.92 Å². The van der Waals surface area contributed by atoms with Gasteiger partial charge in [0.25, 0.3) is 10.2 Å². The van der Waals surface area contributed by atoms with Gasteiger partial charge in [0.2, 0.25) is 0 Å². The van der Waals surface area contributed by atoms with Crippen LogP contribution >= 0.6 is 0 Å². The molecule has 0 aromatic carbocycles. The summed E-state index contributed by atoms with van der Waals surface area (Å²) in [4.78, 5) is 15.5. The third-order valence-corrected chi connectivity index (χ3v) is 7.14. The summed E-state index contributed by atoms with van der Waals surface area (Å²) in [6.07, 6.45) is 1.94. The molecule has 0 radical (unpaired) electrons. The van der Waals surface area contributed by atoms with E-state index < -0.39 is 22.2 Å². The van der Waals surface area contributed by atoms with E-state index in [1.165, 1.54) is 4.31 Å². The van der Waals surface area contributed by atoms with E-state index in [4.69, 9.17) is 0 Å². The summed E-state index contributed by atoms with van der Waals surface area (Å²) in [6.45, 7) is 4.32. The molecule has 8 nitrogen and oxygen atoms in total. The van der Waals surface area contributed by atoms with Crippen LogP contribution in [0.4, 0.5) is 0 Å². The van der Waals surface area contributed by atoms with Gasteiger partial charge < -0.3 is 10.0 Å². The molecule has 1 N–H and O–H groups in total. The lowest BCUT2D eigenvalue weighted by Crippen LogP contribution is -2.58. The largest absolute Gasteiger partial charge is 0.480 e. The van der Waals surface area contributed by atoms with Crippen LogP contribution in [-0.2, 0) is 15.0 Å². The Kier molecular flexibility index (Phi) is 4.93. The highest BCUT2D eigenvalue weighted by Crippen LogP contribution is 2.36. The normalized spacial score (nSPS) is 27.9. The Bertz CT molecular complexity index is 535. The van der Waals surface area contributed by atoms with Gasteiger partial charge in [-0.2, -0.15) is 17.0 Å². The second-order valence-electron chi connectivity index (χ2n) is 6.77. The molecule has 132 valence electrons. The average Bonchev–Trinajstić information content (AvgIpc) is 3.33. The number of likely N-dealkylation sites (N-methyl/N-ethyl adjacent to an activating group) is 1. The maximum absolute atomic E-state index is 12.7. The van der Waals surface area contributed by atoms with Crippen LogP contribution in [0.25, 0.3) is 0 Å². The fraction of sp³-hybridized carbons (Fsp3) is 0.929. The fourth-order valence-electron chi connectivity index (χ4n) is 3.46. The first kappa shape index (κ1) is 17.1. The van der Waals surface area contributed by atoms with Crippen molar-refractivity contribution in [2.45, 2.75) is 18.9 Å². The fourth-order valence-corrected chi connectivity index (χ4v) is 5.04. The summed E-state index contributed by atoms with van der Waals surface area (Å²) < 4.78 is 28.5. The lowest BCUT2D eigenvalue weighted by Gasteiger charge is -2.40. The SMILES string of the molecule is CN1CCN(S(=O)(=O)N2CCN(C(C(=O)O)C3CC3)CC2)CC1. The summed E-state index contributed by atoms with van der Waals surface area (Å²) in [7, 11) is -1.42. The van der Waals surface area contributed by atoms with Gasteiger partial charge in [0.1, 0.15) is 6.04 Å². The molecule has 3 rings (SSSR count). The van der Waals surface area contributed by atoms with Gasteiger partial charge in [-0.15, -0.1) is 0 Å². The number of carboxylic acids is 1. The molecule has 2 aliphatic heterocycles. The zero-order chi connectivity index (χ0) is 16.6. The van der Waals surface area contributed by atoms with E-state index in [1.807, 2.05) is 11.9 Å². The Morgan fingerprint density at radius 3 is 1.87 bits per heavy atom. The molecule has 1 unspecified atom stereocenters. The molecule has 0 spiro atoms. The molecular weight excluding hydrogens is 320 g/mol. The van der Waals surface area contributed by atoms with Crippen molar-refractivity contribution in [3.63, 3.8) is 0 Å². The van der Waals surface area contributed by atoms with E-state index in [-0.39, 0.29) is 5.92 Å². The van der Waals surface area contributed by atoms with Gasteiger partial charge in [-0.3, -0.25) is 9.69 Å². The quantitative estimate of drug-likeness (QED) is 0.685. The van der Waals surface area contributed by atoms with Crippen LogP contribution in [0.3, 0.4) is 0 Å². The van der Waals surface area contributed by atoms with E-state index >= 15 is 0 Å². The first-order valence-electron chi connectivity index (χ1n) is 8.30. The summed E-state index contributed by atoms with van der Waals surface area (Å²) in [6, 6.07) is -0.441. The number of carboxylic acid groups (broad SMARTS) is 1. The third-order valence-electron chi connectivity index (χ3n) is 5.10. The third kappa shape index (κ3) is 3.69. The Hall–Kier alpha value is -0.740. The van der Waals surface area contributed by atoms with Gasteiger partial charge >= 0.3 is 5.97 Å². The maximum atomic E-state index is 12.7. The number of nitrogens with zero attached hydrogens (tertiary/aromatic N) is 4. The number of carbonyl (C=O) groups is 1. The molecular formula is C14H26N4O4S. The van der Waals surface area contributed by atoms with Crippen molar-refractivity contribution in [3.05, 3.63) is 0 Å². The first-order valence-corrected chi connectivity index (χ1v) is 9.70. The van der Waals surface area contributed by atoms with E-state index in [0.717, 1.165) is 25.9 Å². The van der Waals surface area contributed by atoms with Crippen LogP contribution < -0.4 is 0 Å². The Morgan fingerprint density at radius 1 is 0.957 bits per heavy atom. The smallest absolute Gasteiger partial charge is 0.321 e. The topological polar surface area (TPSA) is 84.4 Å². The second kappa shape index (κ2) is 6.64. The predicted octanol–water partition coefficient (Wildman–Crippen LogP) is -1.04. The molecule has 1 saturated carbocycles. The van der Waals surface area contributed by atoms with E-state index in [0.29, 0.717) is 39.3 Å². The van der Waals surface area contributed by atoms with E-state index in [9.17, 15) is 18.3 Å². The van der Waals surface area contributed by atoms with Crippen molar-refractivity contribution < 1.29 is 18.3 Å². The lowest BCUT2D eigenvalue weighted by atomic mass is 10.1.